The van der Waals surface area contributed by atoms with E-state index in [2.05, 4.69) is 5.32 Å². The van der Waals surface area contributed by atoms with E-state index < -0.39 is 0 Å². The number of carbonyl (C=O) groups excluding carboxylic acids is 2. The zero-order valence-electron chi connectivity index (χ0n) is 14.3. The van der Waals surface area contributed by atoms with E-state index in [1.165, 1.54) is 4.90 Å². The van der Waals surface area contributed by atoms with Crippen molar-refractivity contribution in [2.45, 2.75) is 33.6 Å². The molecule has 6 heteroatoms. The van der Waals surface area contributed by atoms with Crippen LogP contribution in [0.1, 0.15) is 33.6 Å². The first kappa shape index (κ1) is 18.8. The topological polar surface area (TPSA) is 67.9 Å². The third-order valence-electron chi connectivity index (χ3n) is 3.10. The van der Waals surface area contributed by atoms with Crippen molar-refractivity contribution < 1.29 is 19.1 Å². The molecule has 1 N–H and O–H groups in total. The second-order valence-corrected chi connectivity index (χ2v) is 5.08. The van der Waals surface area contributed by atoms with Crippen molar-refractivity contribution in [2.75, 3.05) is 32.1 Å². The lowest BCUT2D eigenvalue weighted by atomic mass is 10.2. The maximum atomic E-state index is 12.0. The van der Waals surface area contributed by atoms with E-state index in [9.17, 15) is 9.59 Å². The normalized spacial score (nSPS) is 10.1. The molecular formula is C17H26N2O4. The second-order valence-electron chi connectivity index (χ2n) is 5.08. The molecule has 0 fully saturated rings. The van der Waals surface area contributed by atoms with Crippen LogP contribution in [0.3, 0.4) is 0 Å². The Morgan fingerprint density at radius 2 is 1.74 bits per heavy atom. The van der Waals surface area contributed by atoms with Crippen molar-refractivity contribution in [3.63, 3.8) is 0 Å². The summed E-state index contributed by atoms with van der Waals surface area (Å²) >= 11 is 0. The van der Waals surface area contributed by atoms with Crippen LogP contribution in [0.25, 0.3) is 0 Å². The van der Waals surface area contributed by atoms with Crippen LogP contribution in [0.15, 0.2) is 18.2 Å². The van der Waals surface area contributed by atoms with Gasteiger partial charge in [0.2, 0.25) is 11.8 Å². The summed E-state index contributed by atoms with van der Waals surface area (Å²) in [7, 11) is 1.63. The third kappa shape index (κ3) is 6.18. The van der Waals surface area contributed by atoms with Crippen LogP contribution in [-0.2, 0) is 9.59 Å². The van der Waals surface area contributed by atoms with Gasteiger partial charge in [-0.15, -0.1) is 0 Å². The van der Waals surface area contributed by atoms with Gasteiger partial charge in [-0.2, -0.15) is 0 Å². The van der Waals surface area contributed by atoms with Gasteiger partial charge in [0.25, 0.3) is 0 Å². The van der Waals surface area contributed by atoms with Crippen LogP contribution in [0.4, 0.5) is 5.69 Å². The fraction of sp³-hybridized carbons (Fsp3) is 0.529. The van der Waals surface area contributed by atoms with Gasteiger partial charge in [-0.3, -0.25) is 9.59 Å². The number of amides is 2. The summed E-state index contributed by atoms with van der Waals surface area (Å²) < 4.78 is 11.0. The molecule has 0 saturated carbocycles. The van der Waals surface area contributed by atoms with Crippen LogP contribution in [0, 0.1) is 0 Å². The third-order valence-corrected chi connectivity index (χ3v) is 3.10. The predicted octanol–water partition coefficient (Wildman–Crippen LogP) is 2.68. The van der Waals surface area contributed by atoms with Crippen molar-refractivity contribution in [2.24, 2.45) is 0 Å². The van der Waals surface area contributed by atoms with Gasteiger partial charge in [0, 0.05) is 25.2 Å². The molecule has 0 aliphatic carbocycles. The largest absolute Gasteiger partial charge is 0.490 e. The van der Waals surface area contributed by atoms with Crippen molar-refractivity contribution in [1.29, 1.82) is 0 Å². The molecule has 1 rings (SSSR count). The van der Waals surface area contributed by atoms with Crippen LogP contribution < -0.4 is 14.8 Å². The van der Waals surface area contributed by atoms with E-state index in [-0.39, 0.29) is 18.4 Å². The molecule has 0 unspecified atom stereocenters. The Hall–Kier alpha value is -2.24. The van der Waals surface area contributed by atoms with E-state index in [4.69, 9.17) is 9.47 Å². The molecule has 0 radical (unpaired) electrons. The average Bonchev–Trinajstić information content (AvgIpc) is 2.50. The minimum atomic E-state index is -0.247. The number of ether oxygens (including phenoxy) is 2. The lowest BCUT2D eigenvalue weighted by molar-refractivity contribution is -0.133. The summed E-state index contributed by atoms with van der Waals surface area (Å²) in [6.07, 6.45) is 1.21. The fourth-order valence-electron chi connectivity index (χ4n) is 2.04. The number of hydrogen-bond donors (Lipinski definition) is 1. The molecule has 128 valence electrons. The molecule has 1 aromatic carbocycles. The summed E-state index contributed by atoms with van der Waals surface area (Å²) in [4.78, 5) is 25.2. The minimum absolute atomic E-state index is 0.0238. The number of benzene rings is 1. The Morgan fingerprint density at radius 3 is 2.35 bits per heavy atom. The number of anilines is 1. The molecule has 0 heterocycles. The number of nitrogens with zero attached hydrogens (tertiary/aromatic N) is 1. The molecule has 0 bridgehead atoms. The summed E-state index contributed by atoms with van der Waals surface area (Å²) in [5, 5.41) is 2.77. The van der Waals surface area contributed by atoms with Crippen molar-refractivity contribution in [3.8, 4) is 11.5 Å². The Morgan fingerprint density at radius 1 is 1.09 bits per heavy atom. The predicted molar refractivity (Wildman–Crippen MR) is 90.0 cm³/mol. The Balaban J connectivity index is 2.70. The quantitative estimate of drug-likeness (QED) is 0.759. The van der Waals surface area contributed by atoms with E-state index in [0.717, 1.165) is 6.42 Å². The van der Waals surface area contributed by atoms with Gasteiger partial charge in [0.15, 0.2) is 11.5 Å². The second kappa shape index (κ2) is 9.71. The van der Waals surface area contributed by atoms with Gasteiger partial charge in [0.1, 0.15) is 0 Å². The van der Waals surface area contributed by atoms with E-state index in [0.29, 0.717) is 36.8 Å². The molecule has 2 amide bonds. The van der Waals surface area contributed by atoms with Crippen LogP contribution in [0.5, 0.6) is 11.5 Å². The van der Waals surface area contributed by atoms with Crippen LogP contribution in [-0.4, -0.2) is 43.5 Å². The number of rotatable bonds is 9. The summed E-state index contributed by atoms with van der Waals surface area (Å²) in [6.45, 7) is 6.78. The molecule has 0 aliphatic heterocycles. The first-order valence-corrected chi connectivity index (χ1v) is 7.95. The smallest absolute Gasteiger partial charge is 0.243 e. The summed E-state index contributed by atoms with van der Waals surface area (Å²) in [5.41, 5.74) is 0.609. The minimum Gasteiger partial charge on any atom is -0.490 e. The highest BCUT2D eigenvalue weighted by atomic mass is 16.5. The standard InChI is InChI=1S/C17H26N2O4/c1-5-8-17(21)19(4)12-16(20)18-13-9-10-14(22-6-2)15(11-13)23-7-3/h9-11H,5-8,12H2,1-4H3,(H,18,20). The Labute approximate surface area is 137 Å². The monoisotopic (exact) mass is 322 g/mol. The molecule has 6 nitrogen and oxygen atoms in total. The van der Waals surface area contributed by atoms with Crippen LogP contribution in [0.2, 0.25) is 0 Å². The van der Waals surface area contributed by atoms with Gasteiger partial charge < -0.3 is 19.7 Å². The highest BCUT2D eigenvalue weighted by molar-refractivity contribution is 5.94. The van der Waals surface area contributed by atoms with Gasteiger partial charge in [-0.05, 0) is 32.4 Å². The zero-order chi connectivity index (χ0) is 17.2. The van der Waals surface area contributed by atoms with Crippen LogP contribution >= 0.6 is 0 Å². The molecule has 0 aromatic heterocycles. The number of likely N-dealkylation sites (N-methyl/N-ethyl adjacent to an activating group) is 1. The van der Waals surface area contributed by atoms with E-state index >= 15 is 0 Å². The van der Waals surface area contributed by atoms with Crippen molar-refractivity contribution >= 4 is 17.5 Å². The first-order chi connectivity index (χ1) is 11.0. The maximum Gasteiger partial charge on any atom is 0.243 e. The molecule has 0 aliphatic rings. The average molecular weight is 322 g/mol. The zero-order valence-corrected chi connectivity index (χ0v) is 14.3. The number of nitrogens with one attached hydrogen (secondary N) is 1. The molecule has 1 aromatic rings. The Bertz CT molecular complexity index is 531. The van der Waals surface area contributed by atoms with Crippen molar-refractivity contribution in [3.05, 3.63) is 18.2 Å². The molecule has 23 heavy (non-hydrogen) atoms. The van der Waals surface area contributed by atoms with E-state index in [1.807, 2.05) is 20.8 Å². The van der Waals surface area contributed by atoms with Gasteiger partial charge >= 0.3 is 0 Å². The van der Waals surface area contributed by atoms with Gasteiger partial charge in [-0.1, -0.05) is 6.92 Å². The van der Waals surface area contributed by atoms with Gasteiger partial charge in [-0.25, -0.2) is 0 Å². The maximum absolute atomic E-state index is 12.0. The first-order valence-electron chi connectivity index (χ1n) is 7.95. The highest BCUT2D eigenvalue weighted by Gasteiger charge is 2.13. The molecule has 0 spiro atoms. The Kier molecular flexibility index (Phi) is 7.94. The molecule has 0 atom stereocenters. The lowest BCUT2D eigenvalue weighted by Crippen LogP contribution is -2.34. The fourth-order valence-corrected chi connectivity index (χ4v) is 2.04. The molecular weight excluding hydrogens is 296 g/mol. The number of carbonyl (C=O) groups is 2. The highest BCUT2D eigenvalue weighted by Crippen LogP contribution is 2.30. The number of hydrogen-bond acceptors (Lipinski definition) is 4. The lowest BCUT2D eigenvalue weighted by Gasteiger charge is -2.17. The van der Waals surface area contributed by atoms with Crippen molar-refractivity contribution in [1.82, 2.24) is 4.90 Å². The van der Waals surface area contributed by atoms with Gasteiger partial charge in [0.05, 0.1) is 19.8 Å². The summed E-state index contributed by atoms with van der Waals surface area (Å²) in [5.74, 6) is 0.943. The molecule has 0 saturated heterocycles. The summed E-state index contributed by atoms with van der Waals surface area (Å²) in [6, 6.07) is 5.23. The van der Waals surface area contributed by atoms with E-state index in [1.54, 1.807) is 25.2 Å². The SMILES string of the molecule is CCCC(=O)N(C)CC(=O)Nc1ccc(OCC)c(OCC)c1.